The van der Waals surface area contributed by atoms with Gasteiger partial charge >= 0.3 is 0 Å². The number of carbonyl (C=O) groups excluding carboxylic acids is 5. The summed E-state index contributed by atoms with van der Waals surface area (Å²) in [6.45, 7) is 2.03. The summed E-state index contributed by atoms with van der Waals surface area (Å²) < 4.78 is 0. The highest BCUT2D eigenvalue weighted by Gasteiger charge is 2.27. The lowest BCUT2D eigenvalue weighted by atomic mass is 10.1. The number of primary amides is 1. The number of rotatable bonds is 9. The van der Waals surface area contributed by atoms with E-state index in [1.807, 2.05) is 0 Å². The summed E-state index contributed by atoms with van der Waals surface area (Å²) in [7, 11) is 1.33. The van der Waals surface area contributed by atoms with Crippen LogP contribution < -0.4 is 16.9 Å². The van der Waals surface area contributed by atoms with Crippen LogP contribution in [0.1, 0.15) is 26.7 Å². The number of Topliss-reactive ketones (excluding diaryl/α,β-unsaturated/α-hetero) is 1. The minimum absolute atomic E-state index is 0.131. The molecule has 0 aliphatic heterocycles. The minimum Gasteiger partial charge on any atom is -0.368 e. The molecule has 23 heavy (non-hydrogen) atoms. The van der Waals surface area contributed by atoms with Crippen LogP contribution in [0.5, 0.6) is 0 Å². The van der Waals surface area contributed by atoms with E-state index < -0.39 is 36.2 Å². The molecule has 130 valence electrons. The standard InChI is InChI=1S/C13H23N5O5/c1-4-11(21)16-9(5-8(2)19)13(23)18(15)7-12(22)17(3)6-10(14)20/h9H,4-7,15H2,1-3H3,(H2,14,20)(H,16,21)/t9-/m0/s1. The highest BCUT2D eigenvalue weighted by molar-refractivity contribution is 5.94. The zero-order valence-electron chi connectivity index (χ0n) is 13.5. The Morgan fingerprint density at radius 1 is 1.13 bits per heavy atom. The van der Waals surface area contributed by atoms with Crippen molar-refractivity contribution in [1.29, 1.82) is 0 Å². The molecule has 0 bridgehead atoms. The molecular weight excluding hydrogens is 306 g/mol. The summed E-state index contributed by atoms with van der Waals surface area (Å²) in [5, 5.41) is 2.98. The first-order chi connectivity index (χ1) is 10.6. The predicted octanol–water partition coefficient (Wildman–Crippen LogP) is -2.49. The average molecular weight is 329 g/mol. The molecule has 0 aliphatic rings. The average Bonchev–Trinajstić information content (AvgIpc) is 2.44. The monoisotopic (exact) mass is 329 g/mol. The maximum Gasteiger partial charge on any atom is 0.259 e. The number of ketones is 1. The van der Waals surface area contributed by atoms with Crippen LogP contribution in [-0.4, -0.2) is 65.5 Å². The van der Waals surface area contributed by atoms with E-state index in [0.717, 1.165) is 4.90 Å². The Hall–Kier alpha value is -2.49. The number of nitrogens with zero attached hydrogens (tertiary/aromatic N) is 2. The Labute approximate surface area is 134 Å². The van der Waals surface area contributed by atoms with Crippen LogP contribution >= 0.6 is 0 Å². The molecule has 0 heterocycles. The van der Waals surface area contributed by atoms with Crippen molar-refractivity contribution in [2.75, 3.05) is 20.1 Å². The van der Waals surface area contributed by atoms with Crippen LogP contribution in [0.4, 0.5) is 0 Å². The molecule has 0 aromatic heterocycles. The van der Waals surface area contributed by atoms with Gasteiger partial charge in [0.05, 0.1) is 6.54 Å². The van der Waals surface area contributed by atoms with E-state index in [0.29, 0.717) is 5.01 Å². The SMILES string of the molecule is CCC(=O)N[C@@H](CC(C)=O)C(=O)N(N)CC(=O)N(C)CC(N)=O. The van der Waals surface area contributed by atoms with Crippen molar-refractivity contribution in [2.24, 2.45) is 11.6 Å². The summed E-state index contributed by atoms with van der Waals surface area (Å²) in [6.07, 6.45) is -0.101. The summed E-state index contributed by atoms with van der Waals surface area (Å²) in [6, 6.07) is -1.14. The molecule has 0 rings (SSSR count). The van der Waals surface area contributed by atoms with E-state index in [1.165, 1.54) is 14.0 Å². The normalized spacial score (nSPS) is 11.3. The van der Waals surface area contributed by atoms with Crippen molar-refractivity contribution in [3.8, 4) is 0 Å². The van der Waals surface area contributed by atoms with Gasteiger partial charge in [-0.15, -0.1) is 0 Å². The van der Waals surface area contributed by atoms with Crippen molar-refractivity contribution in [1.82, 2.24) is 15.2 Å². The van der Waals surface area contributed by atoms with Crippen molar-refractivity contribution in [3.63, 3.8) is 0 Å². The molecule has 0 aromatic rings. The van der Waals surface area contributed by atoms with Crippen LogP contribution in [0.15, 0.2) is 0 Å². The Balaban J connectivity index is 4.84. The van der Waals surface area contributed by atoms with Gasteiger partial charge in [-0.05, 0) is 6.92 Å². The van der Waals surface area contributed by atoms with Gasteiger partial charge in [-0.3, -0.25) is 29.0 Å². The van der Waals surface area contributed by atoms with Crippen molar-refractivity contribution in [2.45, 2.75) is 32.7 Å². The number of nitrogens with two attached hydrogens (primary N) is 2. The third-order valence-corrected chi connectivity index (χ3v) is 2.85. The molecule has 4 amide bonds. The second kappa shape index (κ2) is 9.51. The summed E-state index contributed by atoms with van der Waals surface area (Å²) in [4.78, 5) is 58.4. The fourth-order valence-corrected chi connectivity index (χ4v) is 1.65. The van der Waals surface area contributed by atoms with Gasteiger partial charge in [-0.2, -0.15) is 0 Å². The smallest absolute Gasteiger partial charge is 0.259 e. The minimum atomic E-state index is -1.14. The van der Waals surface area contributed by atoms with Gasteiger partial charge in [0.2, 0.25) is 17.7 Å². The van der Waals surface area contributed by atoms with Gasteiger partial charge in [-0.25, -0.2) is 5.84 Å². The lowest BCUT2D eigenvalue weighted by Gasteiger charge is -2.25. The van der Waals surface area contributed by atoms with Gasteiger partial charge in [-0.1, -0.05) is 6.92 Å². The van der Waals surface area contributed by atoms with Crippen molar-refractivity contribution >= 4 is 29.4 Å². The van der Waals surface area contributed by atoms with Crippen molar-refractivity contribution in [3.05, 3.63) is 0 Å². The van der Waals surface area contributed by atoms with E-state index in [1.54, 1.807) is 6.92 Å². The van der Waals surface area contributed by atoms with Gasteiger partial charge in [0.25, 0.3) is 5.91 Å². The molecular formula is C13H23N5O5. The molecule has 0 saturated heterocycles. The Morgan fingerprint density at radius 3 is 2.13 bits per heavy atom. The Kier molecular flexibility index (Phi) is 8.48. The van der Waals surface area contributed by atoms with Gasteiger partial charge in [0.1, 0.15) is 18.4 Å². The Morgan fingerprint density at radius 2 is 1.70 bits per heavy atom. The molecule has 0 saturated carbocycles. The highest BCUT2D eigenvalue weighted by atomic mass is 16.2. The zero-order chi connectivity index (χ0) is 18.2. The molecule has 5 N–H and O–H groups in total. The summed E-state index contributed by atoms with van der Waals surface area (Å²) in [5.41, 5.74) is 4.97. The van der Waals surface area contributed by atoms with E-state index in [2.05, 4.69) is 5.32 Å². The second-order valence-electron chi connectivity index (χ2n) is 5.06. The van der Waals surface area contributed by atoms with Crippen LogP contribution in [0, 0.1) is 0 Å². The molecule has 1 atom stereocenters. The van der Waals surface area contributed by atoms with E-state index in [-0.39, 0.29) is 25.2 Å². The molecule has 0 radical (unpaired) electrons. The van der Waals surface area contributed by atoms with Crippen LogP contribution in [0.2, 0.25) is 0 Å². The number of carbonyl (C=O) groups is 5. The Bertz CT molecular complexity index is 493. The topological polar surface area (TPSA) is 156 Å². The van der Waals surface area contributed by atoms with Crippen LogP contribution in [0.25, 0.3) is 0 Å². The fraction of sp³-hybridized carbons (Fsp3) is 0.615. The molecule has 0 fully saturated rings. The number of amides is 4. The second-order valence-corrected chi connectivity index (χ2v) is 5.06. The number of hydrazine groups is 1. The first-order valence-corrected chi connectivity index (χ1v) is 6.95. The summed E-state index contributed by atoms with van der Waals surface area (Å²) in [5.74, 6) is 2.71. The maximum absolute atomic E-state index is 12.2. The van der Waals surface area contributed by atoms with Crippen LogP contribution in [0.3, 0.4) is 0 Å². The van der Waals surface area contributed by atoms with E-state index in [9.17, 15) is 24.0 Å². The quantitative estimate of drug-likeness (QED) is 0.241. The zero-order valence-corrected chi connectivity index (χ0v) is 13.5. The first kappa shape index (κ1) is 20.5. The number of likely N-dealkylation sites (N-methyl/N-ethyl adjacent to an activating group) is 1. The van der Waals surface area contributed by atoms with Crippen molar-refractivity contribution < 1.29 is 24.0 Å². The third-order valence-electron chi connectivity index (χ3n) is 2.85. The third kappa shape index (κ3) is 7.90. The summed E-state index contributed by atoms with van der Waals surface area (Å²) >= 11 is 0. The van der Waals surface area contributed by atoms with E-state index in [4.69, 9.17) is 11.6 Å². The van der Waals surface area contributed by atoms with Gasteiger partial charge in [0.15, 0.2) is 0 Å². The molecule has 10 heteroatoms. The lowest BCUT2D eigenvalue weighted by molar-refractivity contribution is -0.143. The van der Waals surface area contributed by atoms with Gasteiger partial charge < -0.3 is 16.0 Å². The molecule has 0 aromatic carbocycles. The molecule has 10 nitrogen and oxygen atoms in total. The molecule has 0 aliphatic carbocycles. The number of hydrogen-bond donors (Lipinski definition) is 3. The maximum atomic E-state index is 12.2. The number of hydrogen-bond acceptors (Lipinski definition) is 6. The predicted molar refractivity (Wildman–Crippen MR) is 80.3 cm³/mol. The van der Waals surface area contributed by atoms with E-state index >= 15 is 0 Å². The fourth-order valence-electron chi connectivity index (χ4n) is 1.65. The number of nitrogens with one attached hydrogen (secondary N) is 1. The lowest BCUT2D eigenvalue weighted by Crippen LogP contribution is -2.54. The largest absolute Gasteiger partial charge is 0.368 e. The molecule has 0 spiro atoms. The highest BCUT2D eigenvalue weighted by Crippen LogP contribution is 2.00. The van der Waals surface area contributed by atoms with Gasteiger partial charge in [0, 0.05) is 19.9 Å². The molecule has 0 unspecified atom stereocenters. The van der Waals surface area contributed by atoms with Crippen LogP contribution in [-0.2, 0) is 24.0 Å². The first-order valence-electron chi connectivity index (χ1n) is 6.95.